The lowest BCUT2D eigenvalue weighted by molar-refractivity contribution is -0.145. The summed E-state index contributed by atoms with van der Waals surface area (Å²) >= 11 is 0. The van der Waals surface area contributed by atoms with E-state index >= 15 is 0 Å². The van der Waals surface area contributed by atoms with Crippen LogP contribution >= 0.6 is 0 Å². The Morgan fingerprint density at radius 2 is 1.87 bits per heavy atom. The number of nitrogens with one attached hydrogen (secondary N) is 2. The van der Waals surface area contributed by atoms with Gasteiger partial charge in [0.25, 0.3) is 0 Å². The number of nitrogen functional groups attached to an aromatic ring is 1. The fraction of sp³-hybridized carbons (Fsp3) is 0.440. The zero-order valence-electron chi connectivity index (χ0n) is 21.9. The summed E-state index contributed by atoms with van der Waals surface area (Å²) in [5.74, 6) is -0.591. The Kier molecular flexibility index (Phi) is 9.41. The van der Waals surface area contributed by atoms with Crippen LogP contribution in [0.5, 0.6) is 5.88 Å². The van der Waals surface area contributed by atoms with Crippen molar-refractivity contribution in [2.45, 2.75) is 58.8 Å². The van der Waals surface area contributed by atoms with Gasteiger partial charge in [-0.15, -0.1) is 0 Å². The fourth-order valence-electron chi connectivity index (χ4n) is 3.39. The van der Waals surface area contributed by atoms with Crippen LogP contribution in [0.4, 0.5) is 15.5 Å². The highest BCUT2D eigenvalue weighted by molar-refractivity contribution is 5.91. The number of hydrogen-bond acceptors (Lipinski definition) is 10. The van der Waals surface area contributed by atoms with Gasteiger partial charge >= 0.3 is 18.1 Å². The molecule has 3 aromatic rings. The van der Waals surface area contributed by atoms with Gasteiger partial charge in [0.15, 0.2) is 11.2 Å². The Bertz CT molecular complexity index is 1260. The van der Waals surface area contributed by atoms with Crippen LogP contribution in [0.25, 0.3) is 11.2 Å². The quantitative estimate of drug-likeness (QED) is 0.263. The van der Waals surface area contributed by atoms with Gasteiger partial charge in [0.2, 0.25) is 11.8 Å². The van der Waals surface area contributed by atoms with Crippen LogP contribution in [0.15, 0.2) is 36.7 Å². The number of nitrogens with two attached hydrogens (primary N) is 1. The van der Waals surface area contributed by atoms with Gasteiger partial charge in [-0.1, -0.05) is 30.3 Å². The highest BCUT2D eigenvalue weighted by atomic mass is 16.6. The lowest BCUT2D eigenvalue weighted by Crippen LogP contribution is -2.44. The molecule has 1 unspecified atom stereocenters. The molecule has 13 heteroatoms. The SMILES string of the molecule is CCOC(=O)C(CCCNC(=O)OC(C)(C)C)NC(=O)n1cnc2c(OCc3ccccc3)nc(N)nc21. The van der Waals surface area contributed by atoms with Gasteiger partial charge in [0.05, 0.1) is 6.61 Å². The van der Waals surface area contributed by atoms with Crippen molar-refractivity contribution < 1.29 is 28.6 Å². The van der Waals surface area contributed by atoms with Crippen LogP contribution in [0.2, 0.25) is 0 Å². The van der Waals surface area contributed by atoms with Gasteiger partial charge in [0.1, 0.15) is 24.6 Å². The molecule has 0 radical (unpaired) electrons. The Hall–Kier alpha value is -4.42. The highest BCUT2D eigenvalue weighted by Gasteiger charge is 2.25. The number of imidazole rings is 1. The van der Waals surface area contributed by atoms with Crippen molar-refractivity contribution >= 4 is 35.2 Å². The summed E-state index contributed by atoms with van der Waals surface area (Å²) < 4.78 is 17.2. The summed E-state index contributed by atoms with van der Waals surface area (Å²) in [4.78, 5) is 49.9. The molecule has 0 bridgehead atoms. The Morgan fingerprint density at radius 3 is 2.55 bits per heavy atom. The van der Waals surface area contributed by atoms with E-state index in [9.17, 15) is 14.4 Å². The molecule has 1 atom stereocenters. The van der Waals surface area contributed by atoms with Gasteiger partial charge in [-0.05, 0) is 46.1 Å². The number of benzene rings is 1. The molecule has 0 aliphatic heterocycles. The number of carbonyl (C=O) groups excluding carboxylic acids is 3. The van der Waals surface area contributed by atoms with Crippen LogP contribution in [-0.4, -0.2) is 62.4 Å². The van der Waals surface area contributed by atoms with Gasteiger partial charge in [-0.3, -0.25) is 0 Å². The number of rotatable bonds is 10. The van der Waals surface area contributed by atoms with E-state index in [1.54, 1.807) is 27.7 Å². The number of alkyl carbamates (subject to hydrolysis) is 1. The number of aromatic nitrogens is 4. The summed E-state index contributed by atoms with van der Waals surface area (Å²) in [6, 6.07) is 7.81. The number of amides is 2. The second-order valence-electron chi connectivity index (χ2n) is 9.27. The number of carbonyl (C=O) groups is 3. The Balaban J connectivity index is 1.69. The van der Waals surface area contributed by atoms with Crippen molar-refractivity contribution in [2.24, 2.45) is 0 Å². The monoisotopic (exact) mass is 527 g/mol. The predicted octanol–water partition coefficient (Wildman–Crippen LogP) is 2.78. The number of anilines is 1. The van der Waals surface area contributed by atoms with Crippen molar-refractivity contribution in [3.05, 3.63) is 42.2 Å². The van der Waals surface area contributed by atoms with Crippen molar-refractivity contribution in [3.8, 4) is 5.88 Å². The van der Waals surface area contributed by atoms with E-state index in [2.05, 4.69) is 25.6 Å². The fourth-order valence-corrected chi connectivity index (χ4v) is 3.39. The van der Waals surface area contributed by atoms with Crippen LogP contribution in [0.1, 0.15) is 46.1 Å². The third-order valence-electron chi connectivity index (χ3n) is 5.03. The number of ether oxygens (including phenoxy) is 3. The minimum Gasteiger partial charge on any atom is -0.471 e. The van der Waals surface area contributed by atoms with Crippen molar-refractivity contribution in [1.29, 1.82) is 0 Å². The summed E-state index contributed by atoms with van der Waals surface area (Å²) in [5, 5.41) is 5.26. The molecule has 13 nitrogen and oxygen atoms in total. The third kappa shape index (κ3) is 8.05. The lowest BCUT2D eigenvalue weighted by atomic mass is 10.1. The molecule has 1 aromatic carbocycles. The molecule has 0 aliphatic rings. The molecular formula is C25H33N7O6. The average Bonchev–Trinajstić information content (AvgIpc) is 3.28. The molecular weight excluding hydrogens is 494 g/mol. The minimum absolute atomic E-state index is 0.106. The first-order valence-electron chi connectivity index (χ1n) is 12.2. The van der Waals surface area contributed by atoms with Crippen molar-refractivity contribution in [2.75, 3.05) is 18.9 Å². The van der Waals surface area contributed by atoms with E-state index in [0.717, 1.165) is 10.1 Å². The molecule has 0 fully saturated rings. The topological polar surface area (TPSA) is 173 Å². The van der Waals surface area contributed by atoms with Crippen LogP contribution < -0.4 is 21.1 Å². The first-order chi connectivity index (χ1) is 18.1. The van der Waals surface area contributed by atoms with E-state index in [4.69, 9.17) is 19.9 Å². The maximum Gasteiger partial charge on any atom is 0.407 e. The first kappa shape index (κ1) is 28.2. The summed E-state index contributed by atoms with van der Waals surface area (Å²) in [6.07, 6.45) is 1.26. The molecule has 38 heavy (non-hydrogen) atoms. The van der Waals surface area contributed by atoms with Crippen LogP contribution in [0.3, 0.4) is 0 Å². The molecule has 2 amide bonds. The number of nitrogens with zero attached hydrogens (tertiary/aromatic N) is 4. The van der Waals surface area contributed by atoms with Crippen LogP contribution in [0, 0.1) is 0 Å². The van der Waals surface area contributed by atoms with Gasteiger partial charge in [-0.2, -0.15) is 9.97 Å². The largest absolute Gasteiger partial charge is 0.471 e. The van der Waals surface area contributed by atoms with Gasteiger partial charge < -0.3 is 30.6 Å². The Labute approximate surface area is 220 Å². The highest BCUT2D eigenvalue weighted by Crippen LogP contribution is 2.23. The zero-order chi connectivity index (χ0) is 27.7. The standard InChI is InChI=1S/C25H33N7O6/c1-5-36-21(33)17(12-9-13-27-24(35)38-25(2,3)4)29-23(34)32-15-28-18-19(32)30-22(26)31-20(18)37-14-16-10-7-6-8-11-16/h6-8,10-11,15,17H,5,9,12-14H2,1-4H3,(H,27,35)(H,29,34)(H2,26,30,31). The molecule has 0 spiro atoms. The molecule has 2 aromatic heterocycles. The van der Waals surface area contributed by atoms with E-state index in [1.807, 2.05) is 30.3 Å². The molecule has 2 heterocycles. The molecule has 204 valence electrons. The van der Waals surface area contributed by atoms with E-state index < -0.39 is 29.7 Å². The Morgan fingerprint density at radius 1 is 1.13 bits per heavy atom. The van der Waals surface area contributed by atoms with Crippen molar-refractivity contribution in [3.63, 3.8) is 0 Å². The molecule has 0 saturated carbocycles. The number of hydrogen-bond donors (Lipinski definition) is 3. The van der Waals surface area contributed by atoms with E-state index in [0.29, 0.717) is 6.42 Å². The maximum atomic E-state index is 13.1. The normalized spacial score (nSPS) is 12.0. The van der Waals surface area contributed by atoms with Gasteiger partial charge in [-0.25, -0.2) is 23.9 Å². The number of esters is 1. The molecule has 0 saturated heterocycles. The smallest absolute Gasteiger partial charge is 0.407 e. The average molecular weight is 528 g/mol. The summed E-state index contributed by atoms with van der Waals surface area (Å²) in [6.45, 7) is 7.54. The second-order valence-corrected chi connectivity index (χ2v) is 9.27. The second kappa shape index (κ2) is 12.7. The van der Waals surface area contributed by atoms with Gasteiger partial charge in [0, 0.05) is 6.54 Å². The first-order valence-corrected chi connectivity index (χ1v) is 12.2. The van der Waals surface area contributed by atoms with Crippen molar-refractivity contribution in [1.82, 2.24) is 30.2 Å². The lowest BCUT2D eigenvalue weighted by Gasteiger charge is -2.20. The zero-order valence-corrected chi connectivity index (χ0v) is 21.9. The minimum atomic E-state index is -0.978. The summed E-state index contributed by atoms with van der Waals surface area (Å²) in [7, 11) is 0. The maximum absolute atomic E-state index is 13.1. The van der Waals surface area contributed by atoms with E-state index in [-0.39, 0.29) is 49.2 Å². The van der Waals surface area contributed by atoms with E-state index in [1.165, 1.54) is 6.33 Å². The van der Waals surface area contributed by atoms with Crippen LogP contribution in [-0.2, 0) is 20.9 Å². The summed E-state index contributed by atoms with van der Waals surface area (Å²) in [5.41, 5.74) is 6.50. The third-order valence-corrected chi connectivity index (χ3v) is 5.03. The molecule has 0 aliphatic carbocycles. The molecule has 4 N–H and O–H groups in total. The molecule has 3 rings (SSSR count). The predicted molar refractivity (Wildman–Crippen MR) is 138 cm³/mol. The number of fused-ring (bicyclic) bond motifs is 1.